The molecule has 0 unspecified atom stereocenters. The highest BCUT2D eigenvalue weighted by atomic mass is 16.1. The Morgan fingerprint density at radius 2 is 1.38 bits per heavy atom. The lowest BCUT2D eigenvalue weighted by Gasteiger charge is -2.31. The van der Waals surface area contributed by atoms with Gasteiger partial charge in [0.15, 0.2) is 0 Å². The van der Waals surface area contributed by atoms with Crippen molar-refractivity contribution in [3.05, 3.63) is 0 Å². The van der Waals surface area contributed by atoms with Crippen LogP contribution in [0.3, 0.4) is 0 Å². The fourth-order valence-corrected chi connectivity index (χ4v) is 3.21. The van der Waals surface area contributed by atoms with E-state index in [1.807, 2.05) is 0 Å². The van der Waals surface area contributed by atoms with E-state index in [1.165, 1.54) is 0 Å². The molecule has 0 saturated heterocycles. The minimum atomic E-state index is 0.0498. The van der Waals surface area contributed by atoms with Crippen LogP contribution in [0.25, 0.3) is 0 Å². The first-order valence-electron chi connectivity index (χ1n) is 5.08. The van der Waals surface area contributed by atoms with Crippen molar-refractivity contribution in [3.8, 4) is 0 Å². The zero-order valence-electron chi connectivity index (χ0n) is 8.30. The average Bonchev–Trinajstić information content (AvgIpc) is 2.40. The average molecular weight is 180 g/mol. The van der Waals surface area contributed by atoms with Crippen molar-refractivity contribution in [1.29, 1.82) is 0 Å². The molecule has 0 aromatic heterocycles. The third kappa shape index (κ3) is 1.15. The van der Waals surface area contributed by atoms with Crippen LogP contribution in [0.2, 0.25) is 0 Å². The van der Waals surface area contributed by atoms with Gasteiger partial charge in [0.1, 0.15) is 11.6 Å². The Hall–Kier alpha value is -0.660. The molecule has 2 fully saturated rings. The SMILES string of the molecule is C[C@H]1CC(=O)CC12CC(=O)C[C@@H]2C. The summed E-state index contributed by atoms with van der Waals surface area (Å²) in [4.78, 5) is 22.7. The zero-order chi connectivity index (χ0) is 9.64. The molecule has 0 aliphatic heterocycles. The molecule has 1 spiro atoms. The Balaban J connectivity index is 2.29. The Bertz CT molecular complexity index is 239. The minimum absolute atomic E-state index is 0.0498. The number of rotatable bonds is 0. The Kier molecular flexibility index (Phi) is 1.83. The van der Waals surface area contributed by atoms with Gasteiger partial charge in [-0.1, -0.05) is 13.8 Å². The van der Waals surface area contributed by atoms with E-state index in [0.29, 0.717) is 49.1 Å². The van der Waals surface area contributed by atoms with Crippen molar-refractivity contribution >= 4 is 11.6 Å². The van der Waals surface area contributed by atoms with Crippen LogP contribution in [0.15, 0.2) is 0 Å². The van der Waals surface area contributed by atoms with Gasteiger partial charge in [-0.3, -0.25) is 9.59 Å². The summed E-state index contributed by atoms with van der Waals surface area (Å²) < 4.78 is 0. The maximum Gasteiger partial charge on any atom is 0.133 e. The number of carbonyl (C=O) groups excluding carboxylic acids is 2. The van der Waals surface area contributed by atoms with Crippen LogP contribution in [-0.4, -0.2) is 11.6 Å². The van der Waals surface area contributed by atoms with Crippen LogP contribution in [-0.2, 0) is 9.59 Å². The van der Waals surface area contributed by atoms with Crippen LogP contribution >= 0.6 is 0 Å². The molecule has 2 nitrogen and oxygen atoms in total. The molecule has 0 aromatic carbocycles. The van der Waals surface area contributed by atoms with Gasteiger partial charge in [-0.05, 0) is 17.3 Å². The van der Waals surface area contributed by atoms with Crippen molar-refractivity contribution in [2.75, 3.05) is 0 Å². The van der Waals surface area contributed by atoms with Gasteiger partial charge in [0.2, 0.25) is 0 Å². The Morgan fingerprint density at radius 3 is 1.62 bits per heavy atom. The number of Topliss-reactive ketones (excluding diaryl/α,β-unsaturated/α-hetero) is 2. The van der Waals surface area contributed by atoms with Gasteiger partial charge in [0.05, 0.1) is 0 Å². The van der Waals surface area contributed by atoms with Crippen molar-refractivity contribution < 1.29 is 9.59 Å². The molecule has 72 valence electrons. The summed E-state index contributed by atoms with van der Waals surface area (Å²) in [5, 5.41) is 0. The van der Waals surface area contributed by atoms with Crippen LogP contribution in [0.1, 0.15) is 39.5 Å². The molecule has 0 radical (unpaired) electrons. The first-order valence-corrected chi connectivity index (χ1v) is 5.08. The van der Waals surface area contributed by atoms with E-state index in [1.54, 1.807) is 0 Å². The highest BCUT2D eigenvalue weighted by Gasteiger charge is 2.52. The molecule has 2 heteroatoms. The molecule has 2 saturated carbocycles. The monoisotopic (exact) mass is 180 g/mol. The number of ketones is 2. The quantitative estimate of drug-likeness (QED) is 0.571. The second kappa shape index (κ2) is 2.66. The van der Waals surface area contributed by atoms with Gasteiger partial charge in [-0.2, -0.15) is 0 Å². The third-order valence-electron chi connectivity index (χ3n) is 4.08. The van der Waals surface area contributed by atoms with Crippen LogP contribution in [0.4, 0.5) is 0 Å². The van der Waals surface area contributed by atoms with Gasteiger partial charge in [0, 0.05) is 25.7 Å². The van der Waals surface area contributed by atoms with Crippen LogP contribution < -0.4 is 0 Å². The second-order valence-electron chi connectivity index (χ2n) is 4.87. The van der Waals surface area contributed by atoms with Gasteiger partial charge >= 0.3 is 0 Å². The highest BCUT2D eigenvalue weighted by molar-refractivity contribution is 5.87. The van der Waals surface area contributed by atoms with E-state index in [2.05, 4.69) is 13.8 Å². The van der Waals surface area contributed by atoms with E-state index in [0.717, 1.165) is 0 Å². The largest absolute Gasteiger partial charge is 0.300 e. The van der Waals surface area contributed by atoms with E-state index in [4.69, 9.17) is 0 Å². The topological polar surface area (TPSA) is 34.1 Å². The fraction of sp³-hybridized carbons (Fsp3) is 0.818. The molecule has 0 N–H and O–H groups in total. The molecule has 2 aliphatic rings. The van der Waals surface area contributed by atoms with E-state index in [-0.39, 0.29) is 5.41 Å². The van der Waals surface area contributed by atoms with E-state index >= 15 is 0 Å². The van der Waals surface area contributed by atoms with Crippen LogP contribution in [0, 0.1) is 17.3 Å². The molecule has 0 amide bonds. The molecular weight excluding hydrogens is 164 g/mol. The summed E-state index contributed by atoms with van der Waals surface area (Å²) >= 11 is 0. The third-order valence-corrected chi connectivity index (χ3v) is 4.08. The molecular formula is C11H16O2. The molecule has 2 rings (SSSR count). The fourth-order valence-electron chi connectivity index (χ4n) is 3.21. The molecule has 0 aromatic rings. The Labute approximate surface area is 78.7 Å². The predicted molar refractivity (Wildman–Crippen MR) is 49.2 cm³/mol. The lowest BCUT2D eigenvalue weighted by Crippen LogP contribution is -2.26. The Morgan fingerprint density at radius 1 is 1.00 bits per heavy atom. The van der Waals surface area contributed by atoms with Crippen molar-refractivity contribution in [2.45, 2.75) is 39.5 Å². The molecule has 2 aliphatic carbocycles. The predicted octanol–water partition coefficient (Wildman–Crippen LogP) is 1.97. The van der Waals surface area contributed by atoms with E-state index in [9.17, 15) is 9.59 Å². The summed E-state index contributed by atoms with van der Waals surface area (Å²) in [5.74, 6) is 1.55. The highest BCUT2D eigenvalue weighted by Crippen LogP contribution is 2.54. The minimum Gasteiger partial charge on any atom is -0.300 e. The lowest BCUT2D eigenvalue weighted by atomic mass is 9.71. The summed E-state index contributed by atoms with van der Waals surface area (Å²) in [6.07, 6.45) is 2.69. The second-order valence-corrected chi connectivity index (χ2v) is 4.87. The first kappa shape index (κ1) is 8.92. The van der Waals surface area contributed by atoms with Gasteiger partial charge in [-0.15, -0.1) is 0 Å². The number of hydrogen-bond acceptors (Lipinski definition) is 2. The number of hydrogen-bond donors (Lipinski definition) is 0. The normalized spacial score (nSPS) is 37.7. The summed E-state index contributed by atoms with van der Waals surface area (Å²) in [7, 11) is 0. The summed E-state index contributed by atoms with van der Waals surface area (Å²) in [6.45, 7) is 4.25. The number of carbonyl (C=O) groups is 2. The maximum absolute atomic E-state index is 11.4. The van der Waals surface area contributed by atoms with Crippen molar-refractivity contribution in [2.24, 2.45) is 17.3 Å². The van der Waals surface area contributed by atoms with Crippen molar-refractivity contribution in [1.82, 2.24) is 0 Å². The van der Waals surface area contributed by atoms with E-state index < -0.39 is 0 Å². The first-order chi connectivity index (χ1) is 6.04. The van der Waals surface area contributed by atoms with Gasteiger partial charge < -0.3 is 0 Å². The van der Waals surface area contributed by atoms with Gasteiger partial charge in [0.25, 0.3) is 0 Å². The lowest BCUT2D eigenvalue weighted by molar-refractivity contribution is -0.118. The summed E-state index contributed by atoms with van der Waals surface area (Å²) in [6, 6.07) is 0. The van der Waals surface area contributed by atoms with Crippen molar-refractivity contribution in [3.63, 3.8) is 0 Å². The zero-order valence-corrected chi connectivity index (χ0v) is 8.30. The maximum atomic E-state index is 11.4. The molecule has 2 atom stereocenters. The molecule has 0 bridgehead atoms. The smallest absolute Gasteiger partial charge is 0.133 e. The summed E-state index contributed by atoms with van der Waals surface area (Å²) in [5.41, 5.74) is 0.0498. The van der Waals surface area contributed by atoms with Crippen LogP contribution in [0.5, 0.6) is 0 Å². The molecule has 13 heavy (non-hydrogen) atoms. The standard InChI is InChI=1S/C11H16O2/c1-7-3-9(12)5-11(7)6-10(13)4-8(11)2/h7-8H,3-6H2,1-2H3/t7-,8-,11?/m0/s1. The molecule has 0 heterocycles. The van der Waals surface area contributed by atoms with Gasteiger partial charge in [-0.25, -0.2) is 0 Å².